The number of carbonyl (C=O) groups is 2. The number of ether oxygens (including phenoxy) is 2. The van der Waals surface area contributed by atoms with Crippen molar-refractivity contribution in [1.29, 1.82) is 0 Å². The van der Waals surface area contributed by atoms with Crippen LogP contribution >= 0.6 is 0 Å². The lowest BCUT2D eigenvalue weighted by Gasteiger charge is -2.20. The molecule has 0 saturated carbocycles. The number of hydrogen-bond donors (Lipinski definition) is 0. The van der Waals surface area contributed by atoms with Crippen molar-refractivity contribution in [1.82, 2.24) is 0 Å². The van der Waals surface area contributed by atoms with E-state index >= 15 is 0 Å². The van der Waals surface area contributed by atoms with Crippen LogP contribution in [0.3, 0.4) is 0 Å². The summed E-state index contributed by atoms with van der Waals surface area (Å²) in [5.74, 6) is -5.14. The SMILES string of the molecule is COc1cc([C@H](CC(=O)[O-])C(=O)[O-])c([N+](=O)[O-])cc1OC. The topological polar surface area (TPSA) is 142 Å². The van der Waals surface area contributed by atoms with Crippen LogP contribution < -0.4 is 19.7 Å². The zero-order chi connectivity index (χ0) is 16.2. The van der Waals surface area contributed by atoms with Gasteiger partial charge in [0.2, 0.25) is 0 Å². The van der Waals surface area contributed by atoms with Gasteiger partial charge in [0.25, 0.3) is 5.69 Å². The standard InChI is InChI=1S/C12H13NO8/c1-20-9-3-6(7(12(16)17)4-11(14)15)8(13(18)19)5-10(9)21-2/h3,5,7H,4H2,1-2H3,(H,14,15)(H,16,17)/p-2/t7-/m0/s1. The second kappa shape index (κ2) is 6.55. The molecule has 0 unspecified atom stereocenters. The van der Waals surface area contributed by atoms with E-state index in [2.05, 4.69) is 0 Å². The maximum Gasteiger partial charge on any atom is 0.277 e. The number of carboxylic acids is 2. The van der Waals surface area contributed by atoms with E-state index in [4.69, 9.17) is 9.47 Å². The molecule has 1 rings (SSSR count). The smallest absolute Gasteiger partial charge is 0.277 e. The Bertz CT molecular complexity index is 583. The lowest BCUT2D eigenvalue weighted by molar-refractivity contribution is -0.386. The average molecular weight is 297 g/mol. The summed E-state index contributed by atoms with van der Waals surface area (Å²) in [6.45, 7) is 0. The van der Waals surface area contributed by atoms with Crippen LogP contribution in [0, 0.1) is 10.1 Å². The maximum atomic E-state index is 11.1. The minimum Gasteiger partial charge on any atom is -0.550 e. The third-order valence-corrected chi connectivity index (χ3v) is 2.76. The first-order chi connectivity index (χ1) is 9.81. The monoisotopic (exact) mass is 297 g/mol. The Morgan fingerprint density at radius 3 is 2.10 bits per heavy atom. The normalized spacial score (nSPS) is 11.5. The molecule has 0 saturated heterocycles. The van der Waals surface area contributed by atoms with Gasteiger partial charge in [0, 0.05) is 23.4 Å². The van der Waals surface area contributed by atoms with Crippen LogP contribution in [0.15, 0.2) is 12.1 Å². The summed E-state index contributed by atoms with van der Waals surface area (Å²) in [4.78, 5) is 31.9. The van der Waals surface area contributed by atoms with E-state index in [0.717, 1.165) is 12.1 Å². The molecule has 0 aliphatic heterocycles. The van der Waals surface area contributed by atoms with Crippen LogP contribution in [-0.4, -0.2) is 31.1 Å². The molecular weight excluding hydrogens is 286 g/mol. The van der Waals surface area contributed by atoms with Crippen LogP contribution in [0.2, 0.25) is 0 Å². The minimum atomic E-state index is -1.77. The maximum absolute atomic E-state index is 11.1. The Kier molecular flexibility index (Phi) is 5.06. The number of hydrogen-bond acceptors (Lipinski definition) is 8. The highest BCUT2D eigenvalue weighted by molar-refractivity contribution is 5.82. The molecule has 0 bridgehead atoms. The van der Waals surface area contributed by atoms with E-state index < -0.39 is 34.9 Å². The summed E-state index contributed by atoms with van der Waals surface area (Å²) in [5, 5.41) is 32.7. The number of nitro benzene ring substituents is 1. The second-order valence-electron chi connectivity index (χ2n) is 3.97. The number of nitro groups is 1. The van der Waals surface area contributed by atoms with Crippen molar-refractivity contribution < 1.29 is 34.2 Å². The van der Waals surface area contributed by atoms with Gasteiger partial charge in [-0.3, -0.25) is 10.1 Å². The van der Waals surface area contributed by atoms with Crippen molar-refractivity contribution in [3.63, 3.8) is 0 Å². The third-order valence-electron chi connectivity index (χ3n) is 2.76. The largest absolute Gasteiger partial charge is 0.550 e. The molecule has 0 spiro atoms. The molecule has 0 fully saturated rings. The second-order valence-corrected chi connectivity index (χ2v) is 3.97. The Hall–Kier alpha value is -2.84. The highest BCUT2D eigenvalue weighted by Gasteiger charge is 2.26. The van der Waals surface area contributed by atoms with Crippen LogP contribution in [0.1, 0.15) is 17.9 Å². The Morgan fingerprint density at radius 2 is 1.71 bits per heavy atom. The van der Waals surface area contributed by atoms with Gasteiger partial charge >= 0.3 is 0 Å². The van der Waals surface area contributed by atoms with Crippen LogP contribution in [0.5, 0.6) is 11.5 Å². The molecule has 0 aromatic heterocycles. The van der Waals surface area contributed by atoms with Crippen LogP contribution in [0.4, 0.5) is 5.69 Å². The van der Waals surface area contributed by atoms with Crippen molar-refractivity contribution >= 4 is 17.6 Å². The number of carbonyl (C=O) groups excluding carboxylic acids is 2. The van der Waals surface area contributed by atoms with Crippen LogP contribution in [0.25, 0.3) is 0 Å². The fraction of sp³-hybridized carbons (Fsp3) is 0.333. The Labute approximate surface area is 118 Å². The van der Waals surface area contributed by atoms with E-state index in [9.17, 15) is 29.9 Å². The first-order valence-corrected chi connectivity index (χ1v) is 5.62. The van der Waals surface area contributed by atoms with Crippen molar-refractivity contribution in [2.45, 2.75) is 12.3 Å². The molecule has 0 radical (unpaired) electrons. The molecule has 9 heteroatoms. The highest BCUT2D eigenvalue weighted by Crippen LogP contribution is 2.38. The van der Waals surface area contributed by atoms with Crippen molar-refractivity contribution in [2.24, 2.45) is 0 Å². The average Bonchev–Trinajstić information content (AvgIpc) is 2.42. The molecule has 9 nitrogen and oxygen atoms in total. The molecule has 0 N–H and O–H groups in total. The lowest BCUT2D eigenvalue weighted by Crippen LogP contribution is -2.35. The molecule has 0 aliphatic rings. The van der Waals surface area contributed by atoms with Gasteiger partial charge < -0.3 is 29.3 Å². The molecule has 21 heavy (non-hydrogen) atoms. The van der Waals surface area contributed by atoms with Crippen molar-refractivity contribution in [3.8, 4) is 11.5 Å². The third kappa shape index (κ3) is 3.59. The number of aliphatic carboxylic acids is 2. The van der Waals surface area contributed by atoms with Gasteiger partial charge in [-0.05, 0) is 12.5 Å². The number of rotatable bonds is 7. The van der Waals surface area contributed by atoms with Crippen molar-refractivity contribution in [2.75, 3.05) is 14.2 Å². The number of nitrogens with zero attached hydrogens (tertiary/aromatic N) is 1. The number of carboxylic acid groups (broad SMARTS) is 2. The molecular formula is C12H11NO8-2. The van der Waals surface area contributed by atoms with E-state index in [0.29, 0.717) is 0 Å². The summed E-state index contributed by atoms with van der Waals surface area (Å²) in [7, 11) is 2.50. The Morgan fingerprint density at radius 1 is 1.19 bits per heavy atom. The van der Waals surface area contributed by atoms with Gasteiger partial charge in [0.1, 0.15) is 0 Å². The predicted molar refractivity (Wildman–Crippen MR) is 63.6 cm³/mol. The number of benzene rings is 1. The van der Waals surface area contributed by atoms with Gasteiger partial charge in [0.05, 0.1) is 25.2 Å². The quantitative estimate of drug-likeness (QED) is 0.441. The van der Waals surface area contributed by atoms with Gasteiger partial charge in [0.15, 0.2) is 11.5 Å². The predicted octanol–water partition coefficient (Wildman–Crippen LogP) is -1.41. The molecule has 1 atom stereocenters. The molecule has 1 aromatic rings. The van der Waals surface area contributed by atoms with Gasteiger partial charge in [-0.1, -0.05) is 0 Å². The summed E-state index contributed by atoms with van der Waals surface area (Å²) in [6, 6.07) is 2.00. The zero-order valence-electron chi connectivity index (χ0n) is 11.2. The van der Waals surface area contributed by atoms with E-state index in [-0.39, 0.29) is 17.1 Å². The van der Waals surface area contributed by atoms with Gasteiger partial charge in [-0.15, -0.1) is 0 Å². The molecule has 114 valence electrons. The summed E-state index contributed by atoms with van der Waals surface area (Å²) < 4.78 is 9.80. The molecule has 0 heterocycles. The first-order valence-electron chi connectivity index (χ1n) is 5.62. The van der Waals surface area contributed by atoms with E-state index in [1.165, 1.54) is 14.2 Å². The van der Waals surface area contributed by atoms with Gasteiger partial charge in [-0.2, -0.15) is 0 Å². The summed E-state index contributed by atoms with van der Waals surface area (Å²) >= 11 is 0. The fourth-order valence-corrected chi connectivity index (χ4v) is 1.81. The highest BCUT2D eigenvalue weighted by atomic mass is 16.6. The van der Waals surface area contributed by atoms with E-state index in [1.807, 2.05) is 0 Å². The molecule has 0 amide bonds. The number of methoxy groups -OCH3 is 2. The first kappa shape index (κ1) is 16.2. The van der Waals surface area contributed by atoms with Crippen molar-refractivity contribution in [3.05, 3.63) is 27.8 Å². The molecule has 1 aromatic carbocycles. The van der Waals surface area contributed by atoms with Gasteiger partial charge in [-0.25, -0.2) is 0 Å². The fourth-order valence-electron chi connectivity index (χ4n) is 1.81. The summed E-state index contributed by atoms with van der Waals surface area (Å²) in [5.41, 5.74) is -0.968. The molecule has 0 aliphatic carbocycles. The van der Waals surface area contributed by atoms with E-state index in [1.54, 1.807) is 0 Å². The van der Waals surface area contributed by atoms with Crippen LogP contribution in [-0.2, 0) is 9.59 Å². The minimum absolute atomic E-state index is 0.0125. The zero-order valence-corrected chi connectivity index (χ0v) is 11.2. The Balaban J connectivity index is 3.52. The lowest BCUT2D eigenvalue weighted by atomic mass is 9.93. The summed E-state index contributed by atoms with van der Waals surface area (Å²) in [6.07, 6.45) is -0.960.